The number of nitrogens with zero attached hydrogens (tertiary/aromatic N) is 12. The number of piperidine rings is 3. The summed E-state index contributed by atoms with van der Waals surface area (Å²) in [5, 5.41) is 44.1. The standard InChI is InChI=1S/C31H43N5O2.2C30H41N5O2/c1-4-6-21(3)33-31-32-19-27-28(20-36(29(27)34-31)25-11-13-26(37)14-12-25)23-15-17-35(18-16-23)30(38)24-9-7-22(5-2)8-10-24;2*1-4-5-21(3)32-30-31-18-26-27(19-35(28(26)33-30)24-10-12-25(36)13-11-24)22-14-16-34(17-15-22)29(37)23-8-6-20(2)7-9-23/h7-10,19-21,23,25-26,37H,4-6,11-18H2,1-3H3,(H,32,33,34);2*6-9,18-19,21-22,24-25,36H,4-5,10-17H2,1-3H3,(H,31,32,33)/t21-,25?,26?;2*21-,24?,25?/m000/s1. The van der Waals surface area contributed by atoms with Gasteiger partial charge in [-0.25, -0.2) is 15.0 Å². The number of anilines is 3. The van der Waals surface area contributed by atoms with Crippen LogP contribution in [-0.4, -0.2) is 167 Å². The van der Waals surface area contributed by atoms with Gasteiger partial charge in [0, 0.05) is 146 Å². The topological polar surface area (TPSA) is 250 Å². The average molecular weight is 1530 g/mol. The van der Waals surface area contributed by atoms with E-state index in [9.17, 15) is 29.7 Å². The lowest BCUT2D eigenvalue weighted by Crippen LogP contribution is -2.37. The number of nitrogens with one attached hydrogen (secondary N) is 3. The number of rotatable bonds is 22. The molecule has 6 aromatic heterocycles. The molecule has 6 aliphatic rings. The molecule has 3 aliphatic heterocycles. The van der Waals surface area contributed by atoms with Crippen LogP contribution in [0.1, 0.15) is 303 Å². The maximum atomic E-state index is 13.1. The van der Waals surface area contributed by atoms with Gasteiger partial charge in [-0.3, -0.25) is 14.4 Å². The molecule has 3 amide bonds. The summed E-state index contributed by atoms with van der Waals surface area (Å²) in [6.07, 6.45) is 36.4. The number of hydrogen-bond donors (Lipinski definition) is 6. The number of aliphatic hydroxyl groups excluding tert-OH is 3. The second kappa shape index (κ2) is 37.9. The van der Waals surface area contributed by atoms with E-state index in [1.165, 1.54) is 33.4 Å². The molecule has 0 spiro atoms. The molecular weight excluding hydrogens is 1400 g/mol. The molecule has 15 rings (SSSR count). The van der Waals surface area contributed by atoms with Crippen molar-refractivity contribution in [1.82, 2.24) is 58.3 Å². The van der Waals surface area contributed by atoms with Gasteiger partial charge in [0.1, 0.15) is 16.9 Å². The van der Waals surface area contributed by atoms with Crippen molar-refractivity contribution in [3.8, 4) is 0 Å². The third-order valence-corrected chi connectivity index (χ3v) is 25.1. The minimum absolute atomic E-state index is 0.127. The van der Waals surface area contributed by atoms with Crippen LogP contribution < -0.4 is 16.0 Å². The Labute approximate surface area is 663 Å². The smallest absolute Gasteiger partial charge is 0.253 e. The molecule has 600 valence electrons. The summed E-state index contributed by atoms with van der Waals surface area (Å²) in [5.41, 5.74) is 12.8. The first-order valence-electron chi connectivity index (χ1n) is 42.9. The summed E-state index contributed by atoms with van der Waals surface area (Å²) in [7, 11) is 0. The number of benzene rings is 3. The molecule has 21 heteroatoms. The molecule has 9 heterocycles. The van der Waals surface area contributed by atoms with Crippen molar-refractivity contribution in [2.45, 2.75) is 295 Å². The molecule has 6 N–H and O–H groups in total. The van der Waals surface area contributed by atoms with Gasteiger partial charge >= 0.3 is 0 Å². The quantitative estimate of drug-likeness (QED) is 0.0369. The zero-order valence-corrected chi connectivity index (χ0v) is 68.2. The summed E-state index contributed by atoms with van der Waals surface area (Å²) < 4.78 is 7.08. The first kappa shape index (κ1) is 81.2. The second-order valence-electron chi connectivity index (χ2n) is 33.6. The van der Waals surface area contributed by atoms with Gasteiger partial charge in [-0.15, -0.1) is 0 Å². The Hall–Kier alpha value is -8.79. The van der Waals surface area contributed by atoms with Crippen LogP contribution in [0, 0.1) is 13.8 Å². The van der Waals surface area contributed by atoms with Crippen LogP contribution >= 0.6 is 0 Å². The third kappa shape index (κ3) is 19.7. The first-order chi connectivity index (χ1) is 54.3. The van der Waals surface area contributed by atoms with Gasteiger partial charge in [0.15, 0.2) is 0 Å². The summed E-state index contributed by atoms with van der Waals surface area (Å²) in [4.78, 5) is 74.4. The van der Waals surface area contributed by atoms with Crippen LogP contribution in [0.4, 0.5) is 17.8 Å². The van der Waals surface area contributed by atoms with Crippen molar-refractivity contribution in [3.05, 3.63) is 160 Å². The third-order valence-electron chi connectivity index (χ3n) is 25.1. The highest BCUT2D eigenvalue weighted by molar-refractivity contribution is 5.96. The Morgan fingerprint density at radius 1 is 0.384 bits per heavy atom. The predicted molar refractivity (Wildman–Crippen MR) is 449 cm³/mol. The molecule has 3 aromatic carbocycles. The zero-order valence-electron chi connectivity index (χ0n) is 68.2. The van der Waals surface area contributed by atoms with Gasteiger partial charge in [0.05, 0.1) is 18.3 Å². The number of fused-ring (bicyclic) bond motifs is 3. The molecule has 0 bridgehead atoms. The number of amides is 3. The van der Waals surface area contributed by atoms with Crippen molar-refractivity contribution >= 4 is 68.7 Å². The van der Waals surface area contributed by atoms with Crippen molar-refractivity contribution in [2.75, 3.05) is 55.2 Å². The van der Waals surface area contributed by atoms with Crippen LogP contribution in [0.25, 0.3) is 33.1 Å². The average Bonchev–Trinajstić information content (AvgIpc) is 1.62. The summed E-state index contributed by atoms with van der Waals surface area (Å²) in [6, 6.07) is 25.8. The van der Waals surface area contributed by atoms with Crippen molar-refractivity contribution in [3.63, 3.8) is 0 Å². The number of hydrogen-bond acceptors (Lipinski definition) is 15. The lowest BCUT2D eigenvalue weighted by atomic mass is 9.89. The van der Waals surface area contributed by atoms with Crippen LogP contribution in [0.5, 0.6) is 0 Å². The summed E-state index contributed by atoms with van der Waals surface area (Å²) in [5.74, 6) is 3.58. The first-order valence-corrected chi connectivity index (χ1v) is 42.9. The van der Waals surface area contributed by atoms with Gasteiger partial charge in [-0.1, -0.05) is 94.5 Å². The molecule has 21 nitrogen and oxygen atoms in total. The highest BCUT2D eigenvalue weighted by Gasteiger charge is 2.35. The van der Waals surface area contributed by atoms with E-state index < -0.39 is 0 Å². The fourth-order valence-corrected chi connectivity index (χ4v) is 18.4. The van der Waals surface area contributed by atoms with Gasteiger partial charge in [-0.2, -0.15) is 15.0 Å². The molecular formula is C91H125N15O6. The molecule has 112 heavy (non-hydrogen) atoms. The fourth-order valence-electron chi connectivity index (χ4n) is 18.4. The van der Waals surface area contributed by atoms with Gasteiger partial charge in [-0.05, 0) is 252 Å². The van der Waals surface area contributed by atoms with E-state index in [1.807, 2.05) is 108 Å². The Bertz CT molecular complexity index is 4350. The lowest BCUT2D eigenvalue weighted by Gasteiger charge is -2.32. The lowest BCUT2D eigenvalue weighted by molar-refractivity contribution is 0.0705. The Balaban J connectivity index is 0.000000147. The minimum atomic E-state index is -0.186. The molecule has 3 saturated carbocycles. The van der Waals surface area contributed by atoms with E-state index in [2.05, 4.69) is 109 Å². The van der Waals surface area contributed by atoms with E-state index in [0.717, 1.165) is 250 Å². The molecule has 0 unspecified atom stereocenters. The van der Waals surface area contributed by atoms with E-state index >= 15 is 0 Å². The molecule has 9 aromatic rings. The zero-order chi connectivity index (χ0) is 78.5. The SMILES string of the molecule is CCC[C@H](C)Nc1ncc2c(C3CCN(C(=O)c4ccc(C)cc4)CC3)cn(C3CCC(O)CC3)c2n1.CCC[C@H](C)Nc1ncc2c(C3CCN(C(=O)c4ccc(C)cc4)CC3)cn(C3CCC(O)CC3)c2n1.CCC[C@H](C)Nc1ncc2c(C3CCN(C(=O)c4ccc(CC)cc4)CC3)cn(C3CCC(O)CC3)c2n1. The maximum absolute atomic E-state index is 13.1. The Kier molecular flexibility index (Phi) is 27.5. The number of carbonyl (C=O) groups excluding carboxylic acids is 3. The molecule has 6 fully saturated rings. The molecule has 3 saturated heterocycles. The minimum Gasteiger partial charge on any atom is -0.393 e. The molecule has 3 aliphatic carbocycles. The van der Waals surface area contributed by atoms with Crippen LogP contribution in [0.15, 0.2) is 110 Å². The van der Waals surface area contributed by atoms with Gasteiger partial charge in [0.25, 0.3) is 17.7 Å². The molecule has 3 atom stereocenters. The van der Waals surface area contributed by atoms with Crippen molar-refractivity contribution in [2.24, 2.45) is 0 Å². The van der Waals surface area contributed by atoms with Gasteiger partial charge in [0.2, 0.25) is 17.8 Å². The van der Waals surface area contributed by atoms with Crippen LogP contribution in [0.2, 0.25) is 0 Å². The number of carbonyl (C=O) groups is 3. The normalized spacial score (nSPS) is 21.7. The van der Waals surface area contributed by atoms with Crippen molar-refractivity contribution in [1.29, 1.82) is 0 Å². The van der Waals surface area contributed by atoms with E-state index in [-0.39, 0.29) is 36.0 Å². The predicted octanol–water partition coefficient (Wildman–Crippen LogP) is 17.8. The Morgan fingerprint density at radius 2 is 0.643 bits per heavy atom. The molecule has 0 radical (unpaired) electrons. The van der Waals surface area contributed by atoms with Crippen LogP contribution in [0.3, 0.4) is 0 Å². The monoisotopic (exact) mass is 1520 g/mol. The fraction of sp³-hybridized carbons (Fsp3) is 0.571. The van der Waals surface area contributed by atoms with E-state index in [4.69, 9.17) is 29.9 Å². The highest BCUT2D eigenvalue weighted by Crippen LogP contribution is 2.43. The second-order valence-corrected chi connectivity index (χ2v) is 33.6. The number of aryl methyl sites for hydroxylation is 3. The van der Waals surface area contributed by atoms with Crippen molar-refractivity contribution < 1.29 is 29.7 Å². The maximum Gasteiger partial charge on any atom is 0.253 e. The van der Waals surface area contributed by atoms with Gasteiger partial charge < -0.3 is 59.7 Å². The summed E-state index contributed by atoms with van der Waals surface area (Å²) >= 11 is 0. The van der Waals surface area contributed by atoms with Crippen LogP contribution in [-0.2, 0) is 6.42 Å². The Morgan fingerprint density at radius 3 is 0.893 bits per heavy atom. The highest BCUT2D eigenvalue weighted by atomic mass is 16.3. The van der Waals surface area contributed by atoms with E-state index in [1.54, 1.807) is 0 Å². The van der Waals surface area contributed by atoms with E-state index in [0.29, 0.717) is 71.8 Å². The number of aromatic nitrogens is 9. The largest absolute Gasteiger partial charge is 0.393 e. The summed E-state index contributed by atoms with van der Waals surface area (Å²) in [6.45, 7) is 23.9. The number of likely N-dealkylation sites (tertiary alicyclic amines) is 3. The number of aliphatic hydroxyl groups is 3.